The van der Waals surface area contributed by atoms with Crippen LogP contribution in [-0.2, 0) is 0 Å². The lowest BCUT2D eigenvalue weighted by atomic mass is 9.81. The zero-order valence-electron chi connectivity index (χ0n) is 13.3. The average Bonchev–Trinajstić information content (AvgIpc) is 2.98. The highest BCUT2D eigenvalue weighted by molar-refractivity contribution is 5.72. The van der Waals surface area contributed by atoms with Crippen LogP contribution in [-0.4, -0.2) is 6.21 Å². The molecule has 0 aromatic carbocycles. The van der Waals surface area contributed by atoms with Gasteiger partial charge in [-0.2, -0.15) is 0 Å². The van der Waals surface area contributed by atoms with Crippen LogP contribution in [0.3, 0.4) is 0 Å². The first-order valence-corrected chi connectivity index (χ1v) is 8.63. The number of fused-ring (bicyclic) bond motifs is 2. The Hall–Kier alpha value is -0.850. The summed E-state index contributed by atoms with van der Waals surface area (Å²) in [4.78, 5) is 4.65. The summed E-state index contributed by atoms with van der Waals surface area (Å²) in [6.07, 6.45) is 14.5. The number of hydrogen-bond donors (Lipinski definition) is 0. The Morgan fingerprint density at radius 1 is 1.20 bits per heavy atom. The lowest BCUT2D eigenvalue weighted by molar-refractivity contribution is 0.313. The Kier molecular flexibility index (Phi) is 4.14. The van der Waals surface area contributed by atoms with Crippen LogP contribution in [0.5, 0.6) is 0 Å². The van der Waals surface area contributed by atoms with E-state index in [-0.39, 0.29) is 0 Å². The average molecular weight is 271 g/mol. The molecular formula is C19H29N. The van der Waals surface area contributed by atoms with Gasteiger partial charge < -0.3 is 0 Å². The fourth-order valence-electron chi connectivity index (χ4n) is 4.79. The molecule has 0 aliphatic heterocycles. The van der Waals surface area contributed by atoms with Crippen molar-refractivity contribution in [2.24, 2.45) is 34.6 Å². The summed E-state index contributed by atoms with van der Waals surface area (Å²) in [5.41, 5.74) is 2.99. The third kappa shape index (κ3) is 2.64. The number of rotatable bonds is 5. The molecule has 3 rings (SSSR count). The molecule has 0 aromatic rings. The van der Waals surface area contributed by atoms with Crippen LogP contribution in [0, 0.1) is 29.6 Å². The van der Waals surface area contributed by atoms with Crippen LogP contribution in [0.4, 0.5) is 0 Å². The van der Waals surface area contributed by atoms with Gasteiger partial charge >= 0.3 is 0 Å². The molecular weight excluding hydrogens is 242 g/mol. The largest absolute Gasteiger partial charge is 0.262 e. The third-order valence-electron chi connectivity index (χ3n) is 5.97. The number of hydrogen-bond acceptors (Lipinski definition) is 1. The van der Waals surface area contributed by atoms with E-state index in [0.29, 0.717) is 0 Å². The lowest BCUT2D eigenvalue weighted by Crippen LogP contribution is -2.15. The topological polar surface area (TPSA) is 12.4 Å². The van der Waals surface area contributed by atoms with Crippen molar-refractivity contribution in [3.63, 3.8) is 0 Å². The first-order chi connectivity index (χ1) is 9.74. The van der Waals surface area contributed by atoms with Crippen molar-refractivity contribution in [1.82, 2.24) is 0 Å². The minimum Gasteiger partial charge on any atom is -0.262 e. The van der Waals surface area contributed by atoms with Crippen LogP contribution in [0.25, 0.3) is 0 Å². The number of allylic oxidation sites excluding steroid dienone is 4. The smallest absolute Gasteiger partial charge is 0.0367 e. The molecule has 0 amide bonds. The van der Waals surface area contributed by atoms with E-state index in [1.165, 1.54) is 37.8 Å². The van der Waals surface area contributed by atoms with E-state index in [2.05, 4.69) is 37.9 Å². The van der Waals surface area contributed by atoms with Gasteiger partial charge in [-0.15, -0.1) is 0 Å². The summed E-state index contributed by atoms with van der Waals surface area (Å²) in [5, 5.41) is 0. The maximum Gasteiger partial charge on any atom is 0.0367 e. The van der Waals surface area contributed by atoms with Crippen LogP contribution in [0.1, 0.15) is 59.3 Å². The van der Waals surface area contributed by atoms with E-state index in [1.54, 1.807) is 5.57 Å². The summed E-state index contributed by atoms with van der Waals surface area (Å²) in [6.45, 7) is 6.74. The molecule has 1 nitrogen and oxygen atoms in total. The van der Waals surface area contributed by atoms with Crippen LogP contribution in [0.2, 0.25) is 0 Å². The maximum absolute atomic E-state index is 4.65. The maximum atomic E-state index is 4.65. The summed E-state index contributed by atoms with van der Waals surface area (Å²) in [6, 6.07) is 0. The van der Waals surface area contributed by atoms with E-state index in [4.69, 9.17) is 0 Å². The fraction of sp³-hybridized carbons (Fsp3) is 0.737. The van der Waals surface area contributed by atoms with Crippen LogP contribution >= 0.6 is 0 Å². The molecule has 110 valence electrons. The zero-order valence-corrected chi connectivity index (χ0v) is 13.3. The summed E-state index contributed by atoms with van der Waals surface area (Å²) >= 11 is 0. The van der Waals surface area contributed by atoms with Crippen molar-refractivity contribution in [2.45, 2.75) is 59.3 Å². The van der Waals surface area contributed by atoms with Gasteiger partial charge in [0, 0.05) is 11.9 Å². The molecule has 0 N–H and O–H groups in total. The molecule has 0 heterocycles. The van der Waals surface area contributed by atoms with Crippen molar-refractivity contribution in [1.29, 1.82) is 0 Å². The van der Waals surface area contributed by atoms with Gasteiger partial charge in [-0.3, -0.25) is 4.99 Å². The van der Waals surface area contributed by atoms with E-state index in [1.807, 2.05) is 6.21 Å². The van der Waals surface area contributed by atoms with Gasteiger partial charge in [-0.05, 0) is 80.3 Å². The molecule has 3 saturated carbocycles. The van der Waals surface area contributed by atoms with E-state index < -0.39 is 0 Å². The molecule has 5 atom stereocenters. The van der Waals surface area contributed by atoms with Crippen molar-refractivity contribution >= 4 is 6.21 Å². The standard InChI is InChI=1S/C19H29N/c1-4-6-7-8-20-13(3)17-11-16-9-15(17)12-19(16)18-10-14(18)5-2/h6-8,14-16,18-19H,4-5,9-12H2,1-3H3/b7-6+,17-13-,20-8+. The molecule has 5 unspecified atom stereocenters. The first-order valence-electron chi connectivity index (χ1n) is 8.63. The number of nitrogens with zero attached hydrogens (tertiary/aromatic N) is 1. The summed E-state index contributed by atoms with van der Waals surface area (Å²) in [7, 11) is 0. The quantitative estimate of drug-likeness (QED) is 0.594. The van der Waals surface area contributed by atoms with Crippen LogP contribution in [0.15, 0.2) is 28.4 Å². The Morgan fingerprint density at radius 3 is 2.65 bits per heavy atom. The predicted octanol–water partition coefficient (Wildman–Crippen LogP) is 5.39. The summed E-state index contributed by atoms with van der Waals surface area (Å²) in [5.74, 6) is 5.09. The highest BCUT2D eigenvalue weighted by Gasteiger charge is 2.52. The molecule has 3 aliphatic carbocycles. The third-order valence-corrected chi connectivity index (χ3v) is 5.97. The molecule has 3 fully saturated rings. The van der Waals surface area contributed by atoms with Gasteiger partial charge in [-0.25, -0.2) is 0 Å². The fourth-order valence-corrected chi connectivity index (χ4v) is 4.79. The van der Waals surface area contributed by atoms with Gasteiger partial charge in [0.15, 0.2) is 0 Å². The van der Waals surface area contributed by atoms with Crippen molar-refractivity contribution in [3.8, 4) is 0 Å². The Morgan fingerprint density at radius 2 is 2.05 bits per heavy atom. The van der Waals surface area contributed by atoms with E-state index in [0.717, 1.165) is 36.0 Å². The molecule has 0 radical (unpaired) electrons. The van der Waals surface area contributed by atoms with Gasteiger partial charge in [0.25, 0.3) is 0 Å². The molecule has 20 heavy (non-hydrogen) atoms. The van der Waals surface area contributed by atoms with Gasteiger partial charge in [-0.1, -0.05) is 26.3 Å². The molecule has 0 aromatic heterocycles. The highest BCUT2D eigenvalue weighted by atomic mass is 14.7. The minimum atomic E-state index is 0.871. The van der Waals surface area contributed by atoms with E-state index >= 15 is 0 Å². The SMILES string of the molecule is CC/C=C/C=N/C(C)=C1/CC2CC1CC2C1CC1CC. The summed E-state index contributed by atoms with van der Waals surface area (Å²) < 4.78 is 0. The molecule has 0 spiro atoms. The van der Waals surface area contributed by atoms with Crippen molar-refractivity contribution in [2.75, 3.05) is 0 Å². The molecule has 1 heteroatoms. The van der Waals surface area contributed by atoms with Crippen molar-refractivity contribution < 1.29 is 0 Å². The van der Waals surface area contributed by atoms with Gasteiger partial charge in [0.05, 0.1) is 0 Å². The van der Waals surface area contributed by atoms with Crippen LogP contribution < -0.4 is 0 Å². The molecule has 0 saturated heterocycles. The molecule has 3 aliphatic rings. The Balaban J connectivity index is 1.61. The minimum absolute atomic E-state index is 0.871. The predicted molar refractivity (Wildman–Crippen MR) is 86.8 cm³/mol. The van der Waals surface area contributed by atoms with E-state index in [9.17, 15) is 0 Å². The second-order valence-electron chi connectivity index (χ2n) is 7.09. The Bertz CT molecular complexity index is 443. The van der Waals surface area contributed by atoms with Crippen molar-refractivity contribution in [3.05, 3.63) is 23.4 Å². The lowest BCUT2D eigenvalue weighted by Gasteiger charge is -2.24. The van der Waals surface area contributed by atoms with Gasteiger partial charge in [0.1, 0.15) is 0 Å². The normalized spacial score (nSPS) is 42.0. The number of aliphatic imine (C=N–C) groups is 1. The first kappa shape index (κ1) is 14.1. The second-order valence-corrected chi connectivity index (χ2v) is 7.09. The highest BCUT2D eigenvalue weighted by Crippen LogP contribution is 2.61. The Labute approximate surface area is 124 Å². The molecule has 2 bridgehead atoms. The second kappa shape index (κ2) is 5.87. The zero-order chi connectivity index (χ0) is 14.1. The van der Waals surface area contributed by atoms with Gasteiger partial charge in [0.2, 0.25) is 0 Å². The monoisotopic (exact) mass is 271 g/mol.